The first kappa shape index (κ1) is 17.7. The Hall–Kier alpha value is -2.37. The highest BCUT2D eigenvalue weighted by Gasteiger charge is 2.69. The summed E-state index contributed by atoms with van der Waals surface area (Å²) < 4.78 is 13.2. The topological polar surface area (TPSA) is 51.6 Å². The van der Waals surface area contributed by atoms with Crippen molar-refractivity contribution in [2.24, 2.45) is 0 Å². The fraction of sp³-hybridized carbons (Fsp3) is 0.261. The predicted octanol–water partition coefficient (Wildman–Crippen LogP) is 4.91. The number of nitrogens with zero attached hydrogens (tertiary/aromatic N) is 1. The number of halogens is 1. The van der Waals surface area contributed by atoms with E-state index < -0.39 is 11.2 Å². The molecule has 0 amide bonds. The molecule has 2 aromatic carbocycles. The summed E-state index contributed by atoms with van der Waals surface area (Å²) in [7, 11) is 1.60. The first-order valence-corrected chi connectivity index (χ1v) is 10.1. The molecule has 5 heteroatoms. The second kappa shape index (κ2) is 6.33. The van der Waals surface area contributed by atoms with E-state index in [2.05, 4.69) is 33.0 Å². The highest BCUT2D eigenvalue weighted by atomic mass is 79.9. The summed E-state index contributed by atoms with van der Waals surface area (Å²) in [5.74, 6) is 1.15. The van der Waals surface area contributed by atoms with Gasteiger partial charge in [-0.2, -0.15) is 0 Å². The van der Waals surface area contributed by atoms with Crippen LogP contribution in [0.25, 0.3) is 0 Å². The highest BCUT2D eigenvalue weighted by Crippen LogP contribution is 2.67. The Morgan fingerprint density at radius 2 is 1.86 bits per heavy atom. The number of benzene rings is 2. The van der Waals surface area contributed by atoms with E-state index in [1.807, 2.05) is 42.5 Å². The summed E-state index contributed by atoms with van der Waals surface area (Å²) in [5.41, 5.74) is 0.661. The lowest BCUT2D eigenvalue weighted by Gasteiger charge is -2.40. The number of rotatable bonds is 3. The molecule has 28 heavy (non-hydrogen) atoms. The van der Waals surface area contributed by atoms with Crippen molar-refractivity contribution in [3.63, 3.8) is 0 Å². The second-order valence-corrected chi connectivity index (χ2v) is 8.34. The van der Waals surface area contributed by atoms with Crippen LogP contribution in [0.5, 0.6) is 11.5 Å². The lowest BCUT2D eigenvalue weighted by Crippen LogP contribution is -2.48. The molecule has 5 rings (SSSR count). The van der Waals surface area contributed by atoms with Gasteiger partial charge in [0.2, 0.25) is 0 Å². The third kappa shape index (κ3) is 2.23. The molecule has 1 saturated carbocycles. The zero-order valence-electron chi connectivity index (χ0n) is 15.4. The standard InChI is InChI=1S/C23H20BrNO3/c1-27-19-13-25-14-20-21(19)22(26)12-11-18(15-5-3-2-4-6-15)23(22,28-20)16-7-9-17(24)10-8-16/h2-10,13-14,18,26H,11-12H2,1H3/t18-,22?,23-/m0/s1. The van der Waals surface area contributed by atoms with Crippen molar-refractivity contribution in [2.75, 3.05) is 7.11 Å². The van der Waals surface area contributed by atoms with Crippen LogP contribution in [0.2, 0.25) is 0 Å². The van der Waals surface area contributed by atoms with Gasteiger partial charge < -0.3 is 14.6 Å². The van der Waals surface area contributed by atoms with Crippen LogP contribution < -0.4 is 9.47 Å². The van der Waals surface area contributed by atoms with Crippen molar-refractivity contribution in [2.45, 2.75) is 30.0 Å². The summed E-state index contributed by atoms with van der Waals surface area (Å²) in [4.78, 5) is 4.25. The van der Waals surface area contributed by atoms with Crippen molar-refractivity contribution in [1.82, 2.24) is 4.98 Å². The van der Waals surface area contributed by atoms with Gasteiger partial charge in [-0.15, -0.1) is 0 Å². The summed E-state index contributed by atoms with van der Waals surface area (Å²) in [5, 5.41) is 12.2. The third-order valence-corrected chi connectivity index (χ3v) is 6.68. The molecule has 0 radical (unpaired) electrons. The lowest BCUT2D eigenvalue weighted by molar-refractivity contribution is -0.106. The number of ether oxygens (including phenoxy) is 2. The van der Waals surface area contributed by atoms with Gasteiger partial charge in [-0.3, -0.25) is 4.98 Å². The molecule has 2 heterocycles. The first-order chi connectivity index (χ1) is 13.6. The Labute approximate surface area is 172 Å². The van der Waals surface area contributed by atoms with Crippen LogP contribution in [0.4, 0.5) is 0 Å². The molecule has 3 atom stereocenters. The Morgan fingerprint density at radius 3 is 2.57 bits per heavy atom. The summed E-state index contributed by atoms with van der Waals surface area (Å²) in [6.07, 6.45) is 4.71. The number of pyridine rings is 1. The van der Waals surface area contributed by atoms with E-state index in [1.165, 1.54) is 0 Å². The molecule has 1 unspecified atom stereocenters. The molecule has 1 N–H and O–H groups in total. The van der Waals surface area contributed by atoms with E-state index in [-0.39, 0.29) is 5.92 Å². The summed E-state index contributed by atoms with van der Waals surface area (Å²) in [6.45, 7) is 0. The van der Waals surface area contributed by atoms with Crippen molar-refractivity contribution < 1.29 is 14.6 Å². The monoisotopic (exact) mass is 437 g/mol. The minimum atomic E-state index is -1.20. The zero-order valence-corrected chi connectivity index (χ0v) is 17.0. The van der Waals surface area contributed by atoms with Gasteiger partial charge in [0.1, 0.15) is 17.1 Å². The highest BCUT2D eigenvalue weighted by molar-refractivity contribution is 9.10. The van der Waals surface area contributed by atoms with Gasteiger partial charge in [-0.05, 0) is 36.1 Å². The molecule has 1 aliphatic heterocycles. The molecular weight excluding hydrogens is 418 g/mol. The Morgan fingerprint density at radius 1 is 1.11 bits per heavy atom. The number of fused-ring (bicyclic) bond motifs is 3. The molecule has 0 saturated heterocycles. The number of hydrogen-bond donors (Lipinski definition) is 1. The predicted molar refractivity (Wildman–Crippen MR) is 110 cm³/mol. The molecule has 1 aromatic heterocycles. The van der Waals surface area contributed by atoms with Crippen LogP contribution in [0.1, 0.15) is 35.4 Å². The van der Waals surface area contributed by atoms with Crippen LogP contribution >= 0.6 is 15.9 Å². The largest absolute Gasteiger partial charge is 0.495 e. The molecule has 1 fully saturated rings. The van der Waals surface area contributed by atoms with Gasteiger partial charge in [-0.1, -0.05) is 58.4 Å². The van der Waals surface area contributed by atoms with Crippen molar-refractivity contribution in [3.05, 3.63) is 88.2 Å². The van der Waals surface area contributed by atoms with E-state index in [9.17, 15) is 5.11 Å². The van der Waals surface area contributed by atoms with E-state index >= 15 is 0 Å². The number of aromatic nitrogens is 1. The molecular formula is C23H20BrNO3. The van der Waals surface area contributed by atoms with Gasteiger partial charge in [0.15, 0.2) is 5.60 Å². The van der Waals surface area contributed by atoms with Gasteiger partial charge in [-0.25, -0.2) is 0 Å². The van der Waals surface area contributed by atoms with Crippen molar-refractivity contribution in [1.29, 1.82) is 0 Å². The van der Waals surface area contributed by atoms with Crippen molar-refractivity contribution in [3.8, 4) is 11.5 Å². The van der Waals surface area contributed by atoms with Crippen molar-refractivity contribution >= 4 is 15.9 Å². The smallest absolute Gasteiger partial charge is 0.174 e. The molecule has 1 aliphatic carbocycles. The fourth-order valence-corrected chi connectivity index (χ4v) is 5.28. The van der Waals surface area contributed by atoms with Crippen LogP contribution in [0.3, 0.4) is 0 Å². The SMILES string of the molecule is COc1cncc2c1C1(O)CC[C@@H](c3ccccc3)[C@]1(c1ccc(Br)cc1)O2. The number of aliphatic hydroxyl groups is 1. The molecule has 2 aliphatic rings. The summed E-state index contributed by atoms with van der Waals surface area (Å²) >= 11 is 3.52. The van der Waals surface area contributed by atoms with Gasteiger partial charge in [0.25, 0.3) is 0 Å². The quantitative estimate of drug-likeness (QED) is 0.632. The van der Waals surface area contributed by atoms with E-state index in [4.69, 9.17) is 9.47 Å². The minimum Gasteiger partial charge on any atom is -0.495 e. The van der Waals surface area contributed by atoms with E-state index in [0.717, 1.165) is 22.0 Å². The van der Waals surface area contributed by atoms with Crippen LogP contribution in [-0.4, -0.2) is 17.2 Å². The molecule has 0 bridgehead atoms. The van der Waals surface area contributed by atoms with E-state index in [0.29, 0.717) is 23.5 Å². The normalized spacial score (nSPS) is 27.8. The fourth-order valence-electron chi connectivity index (χ4n) is 5.02. The lowest BCUT2D eigenvalue weighted by atomic mass is 9.72. The average Bonchev–Trinajstić information content (AvgIpc) is 3.16. The Kier molecular flexibility index (Phi) is 4.00. The second-order valence-electron chi connectivity index (χ2n) is 7.42. The van der Waals surface area contributed by atoms with Gasteiger partial charge in [0.05, 0.1) is 25.1 Å². The third-order valence-electron chi connectivity index (χ3n) is 6.16. The van der Waals surface area contributed by atoms with Crippen LogP contribution in [-0.2, 0) is 11.2 Å². The van der Waals surface area contributed by atoms with Crippen LogP contribution in [0, 0.1) is 0 Å². The van der Waals surface area contributed by atoms with E-state index in [1.54, 1.807) is 19.5 Å². The number of methoxy groups -OCH3 is 1. The summed E-state index contributed by atoms with van der Waals surface area (Å²) in [6, 6.07) is 18.3. The van der Waals surface area contributed by atoms with Crippen LogP contribution in [0.15, 0.2) is 71.5 Å². The Balaban J connectivity index is 1.78. The number of hydrogen-bond acceptors (Lipinski definition) is 4. The maximum atomic E-state index is 12.2. The maximum absolute atomic E-state index is 12.2. The van der Waals surface area contributed by atoms with Gasteiger partial charge >= 0.3 is 0 Å². The first-order valence-electron chi connectivity index (χ1n) is 9.35. The molecule has 3 aromatic rings. The maximum Gasteiger partial charge on any atom is 0.174 e. The zero-order chi connectivity index (χ0) is 19.4. The van der Waals surface area contributed by atoms with Gasteiger partial charge in [0, 0.05) is 10.4 Å². The molecule has 0 spiro atoms. The average molecular weight is 438 g/mol. The Bertz CT molecular complexity index is 1020. The molecule has 4 nitrogen and oxygen atoms in total. The minimum absolute atomic E-state index is 0.00279. The molecule has 142 valence electrons.